The summed E-state index contributed by atoms with van der Waals surface area (Å²) in [4.78, 5) is 27.9. The van der Waals surface area contributed by atoms with Crippen molar-refractivity contribution in [1.29, 1.82) is 0 Å². The van der Waals surface area contributed by atoms with E-state index in [4.69, 9.17) is 4.74 Å². The molecule has 4 rings (SSSR count). The molecule has 1 aromatic carbocycles. The largest absolute Gasteiger partial charge is 0.378 e. The number of nitrogens with one attached hydrogen (secondary N) is 1. The normalized spacial score (nSPS) is 13.8. The summed E-state index contributed by atoms with van der Waals surface area (Å²) in [6.45, 7) is 6.95. The molecule has 10 heteroatoms. The van der Waals surface area contributed by atoms with Crippen molar-refractivity contribution >= 4 is 40.7 Å². The lowest BCUT2D eigenvalue weighted by Gasteiger charge is -2.28. The Bertz CT molecular complexity index is 1120. The molecule has 0 unspecified atom stereocenters. The van der Waals surface area contributed by atoms with Gasteiger partial charge in [-0.1, -0.05) is 23.9 Å². The molecule has 0 saturated carbocycles. The van der Waals surface area contributed by atoms with Crippen LogP contribution >= 0.6 is 23.1 Å². The third-order valence-corrected chi connectivity index (χ3v) is 7.30. The van der Waals surface area contributed by atoms with E-state index in [9.17, 15) is 9.59 Å². The first-order valence-electron chi connectivity index (χ1n) is 10.9. The molecule has 1 aliphatic heterocycles. The van der Waals surface area contributed by atoms with Gasteiger partial charge in [-0.15, -0.1) is 21.5 Å². The number of hydrogen-bond donors (Lipinski definition) is 1. The van der Waals surface area contributed by atoms with Crippen molar-refractivity contribution in [2.75, 3.05) is 43.5 Å². The van der Waals surface area contributed by atoms with Crippen LogP contribution in [-0.2, 0) is 16.0 Å². The van der Waals surface area contributed by atoms with Gasteiger partial charge in [-0.05, 0) is 43.2 Å². The lowest BCUT2D eigenvalue weighted by atomic mass is 10.2. The van der Waals surface area contributed by atoms with E-state index in [1.807, 2.05) is 28.8 Å². The van der Waals surface area contributed by atoms with Crippen molar-refractivity contribution in [1.82, 2.24) is 20.1 Å². The van der Waals surface area contributed by atoms with Gasteiger partial charge in [0.25, 0.3) is 0 Å². The third kappa shape index (κ3) is 6.01. The summed E-state index contributed by atoms with van der Waals surface area (Å²) < 4.78 is 7.52. The fourth-order valence-electron chi connectivity index (χ4n) is 3.54. The summed E-state index contributed by atoms with van der Waals surface area (Å²) in [5.41, 5.74) is 2.12. The van der Waals surface area contributed by atoms with E-state index in [2.05, 4.69) is 39.5 Å². The topological polar surface area (TPSA) is 89.3 Å². The molecule has 3 aromatic rings. The van der Waals surface area contributed by atoms with Gasteiger partial charge in [-0.3, -0.25) is 14.2 Å². The number of hydrogen-bond acceptors (Lipinski definition) is 8. The van der Waals surface area contributed by atoms with E-state index >= 15 is 0 Å². The number of Topliss-reactive ketones (excluding diaryl/α,β-unsaturated/α-hetero) is 1. The monoisotopic (exact) mass is 485 g/mol. The van der Waals surface area contributed by atoms with Crippen molar-refractivity contribution in [3.8, 4) is 5.69 Å². The van der Waals surface area contributed by atoms with Gasteiger partial charge < -0.3 is 15.0 Å². The zero-order valence-electron chi connectivity index (χ0n) is 18.7. The molecule has 174 valence electrons. The van der Waals surface area contributed by atoms with E-state index in [-0.39, 0.29) is 17.4 Å². The van der Waals surface area contributed by atoms with Crippen LogP contribution in [0, 0.1) is 6.92 Å². The molecular weight excluding hydrogens is 458 g/mol. The minimum absolute atomic E-state index is 0.0478. The van der Waals surface area contributed by atoms with Crippen molar-refractivity contribution in [2.24, 2.45) is 0 Å². The second-order valence-corrected chi connectivity index (χ2v) is 9.88. The predicted molar refractivity (Wildman–Crippen MR) is 131 cm³/mol. The maximum absolute atomic E-state index is 12.9. The fraction of sp³-hybridized carbons (Fsp3) is 0.391. The van der Waals surface area contributed by atoms with Crippen LogP contribution in [0.5, 0.6) is 0 Å². The Morgan fingerprint density at radius 1 is 1.18 bits per heavy atom. The van der Waals surface area contributed by atoms with Crippen molar-refractivity contribution in [2.45, 2.75) is 25.4 Å². The second kappa shape index (κ2) is 11.0. The maximum Gasteiger partial charge on any atom is 0.232 e. The zero-order chi connectivity index (χ0) is 23.2. The number of thiophene rings is 1. The second-order valence-electron chi connectivity index (χ2n) is 7.77. The number of aryl methyl sites for hydroxylation is 1. The lowest BCUT2D eigenvalue weighted by Crippen LogP contribution is -2.37. The number of carbonyl (C=O) groups is 2. The molecule has 1 fully saturated rings. The Hall–Kier alpha value is -2.69. The van der Waals surface area contributed by atoms with Crippen LogP contribution in [0.2, 0.25) is 0 Å². The van der Waals surface area contributed by atoms with Crippen molar-refractivity contribution < 1.29 is 14.3 Å². The van der Waals surface area contributed by atoms with Crippen LogP contribution in [0.1, 0.15) is 27.0 Å². The van der Waals surface area contributed by atoms with Crippen LogP contribution in [0.25, 0.3) is 5.69 Å². The molecule has 0 atom stereocenters. The zero-order valence-corrected chi connectivity index (χ0v) is 20.4. The number of anilines is 1. The highest BCUT2D eigenvalue weighted by Gasteiger charge is 2.23. The molecule has 1 amide bonds. The van der Waals surface area contributed by atoms with Crippen molar-refractivity contribution in [3.05, 3.63) is 51.7 Å². The summed E-state index contributed by atoms with van der Waals surface area (Å²) in [7, 11) is 0. The van der Waals surface area contributed by atoms with E-state index in [0.717, 1.165) is 46.5 Å². The van der Waals surface area contributed by atoms with Crippen molar-refractivity contribution in [3.63, 3.8) is 0 Å². The highest BCUT2D eigenvalue weighted by molar-refractivity contribution is 7.99. The number of amides is 1. The SMILES string of the molecule is CC(=O)NCCc1ccc(C(=O)CSc2nnc(N3CCOCC3)n2-c2cccc(C)c2)s1. The quantitative estimate of drug-likeness (QED) is 0.368. The minimum Gasteiger partial charge on any atom is -0.378 e. The van der Waals surface area contributed by atoms with Gasteiger partial charge in [0.1, 0.15) is 0 Å². The van der Waals surface area contributed by atoms with Gasteiger partial charge in [0.2, 0.25) is 11.9 Å². The van der Waals surface area contributed by atoms with Crippen LogP contribution in [0.3, 0.4) is 0 Å². The van der Waals surface area contributed by atoms with Gasteiger partial charge in [-0.25, -0.2) is 0 Å². The Morgan fingerprint density at radius 2 is 2.00 bits per heavy atom. The maximum atomic E-state index is 12.9. The Balaban J connectivity index is 1.49. The molecule has 0 bridgehead atoms. The number of nitrogens with zero attached hydrogens (tertiary/aromatic N) is 4. The molecule has 8 nitrogen and oxygen atoms in total. The van der Waals surface area contributed by atoms with E-state index in [1.54, 1.807) is 0 Å². The van der Waals surface area contributed by atoms with Crippen LogP contribution in [0.4, 0.5) is 5.95 Å². The van der Waals surface area contributed by atoms with Gasteiger partial charge >= 0.3 is 0 Å². The molecule has 0 aliphatic carbocycles. The first-order valence-corrected chi connectivity index (χ1v) is 12.7. The van der Waals surface area contributed by atoms with E-state index < -0.39 is 0 Å². The molecule has 2 aromatic heterocycles. The number of aromatic nitrogens is 3. The predicted octanol–water partition coefficient (Wildman–Crippen LogP) is 3.13. The molecule has 3 heterocycles. The number of benzene rings is 1. The number of thioether (sulfide) groups is 1. The number of morpholine rings is 1. The Labute approximate surface area is 201 Å². The minimum atomic E-state index is -0.0478. The summed E-state index contributed by atoms with van der Waals surface area (Å²) in [5.74, 6) is 1.06. The van der Waals surface area contributed by atoms with Crippen LogP contribution < -0.4 is 10.2 Å². The first-order chi connectivity index (χ1) is 16.0. The summed E-state index contributed by atoms with van der Waals surface area (Å²) in [6.07, 6.45) is 0.718. The molecule has 0 spiro atoms. The molecule has 1 saturated heterocycles. The van der Waals surface area contributed by atoms with Gasteiger partial charge in [0.15, 0.2) is 10.9 Å². The number of ether oxygens (including phenoxy) is 1. The summed E-state index contributed by atoms with van der Waals surface area (Å²) in [5, 5.41) is 12.4. The third-order valence-electron chi connectivity index (χ3n) is 5.18. The van der Waals surface area contributed by atoms with E-state index in [1.165, 1.54) is 30.0 Å². The average Bonchev–Trinajstić information content (AvgIpc) is 3.45. The highest BCUT2D eigenvalue weighted by Crippen LogP contribution is 2.29. The van der Waals surface area contributed by atoms with Crippen LogP contribution in [0.15, 0.2) is 41.6 Å². The molecular formula is C23H27N5O3S2. The number of carbonyl (C=O) groups excluding carboxylic acids is 2. The Morgan fingerprint density at radius 3 is 2.76 bits per heavy atom. The van der Waals surface area contributed by atoms with E-state index in [0.29, 0.717) is 24.9 Å². The van der Waals surface area contributed by atoms with Gasteiger partial charge in [0, 0.05) is 31.4 Å². The number of ketones is 1. The molecule has 33 heavy (non-hydrogen) atoms. The Kier molecular flexibility index (Phi) is 7.79. The van der Waals surface area contributed by atoms with Crippen LogP contribution in [-0.4, -0.2) is 65.1 Å². The fourth-order valence-corrected chi connectivity index (χ4v) is 5.41. The summed E-state index contributed by atoms with van der Waals surface area (Å²) in [6, 6.07) is 12.0. The highest BCUT2D eigenvalue weighted by atomic mass is 32.2. The molecule has 1 N–H and O–H groups in total. The van der Waals surface area contributed by atoms with Gasteiger partial charge in [0.05, 0.1) is 29.5 Å². The molecule has 0 radical (unpaired) electrons. The smallest absolute Gasteiger partial charge is 0.232 e. The number of rotatable bonds is 9. The first kappa shape index (κ1) is 23.5. The molecule has 1 aliphatic rings. The van der Waals surface area contributed by atoms with Gasteiger partial charge in [-0.2, -0.15) is 0 Å². The standard InChI is InChI=1S/C23H27N5O3S2/c1-16-4-3-5-18(14-16)28-22(27-10-12-31-13-11-27)25-26-23(28)32-15-20(30)21-7-6-19(33-21)8-9-24-17(2)29/h3-7,14H,8-13,15H2,1-2H3,(H,24,29). The average molecular weight is 486 g/mol. The lowest BCUT2D eigenvalue weighted by molar-refractivity contribution is -0.118. The summed E-state index contributed by atoms with van der Waals surface area (Å²) >= 11 is 2.88.